The molecule has 17 heavy (non-hydrogen) atoms. The minimum absolute atomic E-state index is 0.0249. The highest BCUT2D eigenvalue weighted by atomic mass is 14.9. The molecule has 1 aromatic carbocycles. The van der Waals surface area contributed by atoms with E-state index in [1.807, 2.05) is 0 Å². The molecule has 0 amide bonds. The third-order valence-electron chi connectivity index (χ3n) is 3.81. The van der Waals surface area contributed by atoms with E-state index in [1.165, 1.54) is 18.4 Å². The number of rotatable bonds is 2. The summed E-state index contributed by atoms with van der Waals surface area (Å²) >= 11 is 0. The SMILES string of the molecule is Cc1ccc2nc(CC3(N)CCCC3)[nH]c2c1. The minimum Gasteiger partial charge on any atom is -0.342 e. The number of fused-ring (bicyclic) bond motifs is 1. The number of benzene rings is 1. The van der Waals surface area contributed by atoms with Crippen molar-refractivity contribution in [2.75, 3.05) is 0 Å². The molecule has 0 aliphatic heterocycles. The number of hydrogen-bond acceptors (Lipinski definition) is 2. The zero-order valence-corrected chi connectivity index (χ0v) is 10.3. The Morgan fingerprint density at radius 1 is 1.35 bits per heavy atom. The van der Waals surface area contributed by atoms with Gasteiger partial charge in [-0.05, 0) is 37.5 Å². The summed E-state index contributed by atoms with van der Waals surface area (Å²) in [6.45, 7) is 2.10. The fourth-order valence-electron chi connectivity index (χ4n) is 2.85. The van der Waals surface area contributed by atoms with Gasteiger partial charge in [0.1, 0.15) is 5.82 Å². The molecule has 1 fully saturated rings. The molecule has 0 spiro atoms. The fourth-order valence-corrected chi connectivity index (χ4v) is 2.85. The summed E-state index contributed by atoms with van der Waals surface area (Å²) in [4.78, 5) is 8.02. The van der Waals surface area contributed by atoms with Gasteiger partial charge in [0.25, 0.3) is 0 Å². The Morgan fingerprint density at radius 3 is 2.88 bits per heavy atom. The molecule has 90 valence electrons. The lowest BCUT2D eigenvalue weighted by Crippen LogP contribution is -2.39. The zero-order chi connectivity index (χ0) is 11.9. The second-order valence-corrected chi connectivity index (χ2v) is 5.45. The maximum absolute atomic E-state index is 6.38. The lowest BCUT2D eigenvalue weighted by atomic mass is 9.94. The van der Waals surface area contributed by atoms with Crippen LogP contribution in [-0.4, -0.2) is 15.5 Å². The van der Waals surface area contributed by atoms with E-state index in [2.05, 4.69) is 35.1 Å². The van der Waals surface area contributed by atoms with Gasteiger partial charge in [-0.25, -0.2) is 4.98 Å². The first-order chi connectivity index (χ1) is 8.15. The number of imidazole rings is 1. The summed E-state index contributed by atoms with van der Waals surface area (Å²) in [5.41, 5.74) is 9.79. The summed E-state index contributed by atoms with van der Waals surface area (Å²) < 4.78 is 0. The number of aryl methyl sites for hydroxylation is 1. The highest BCUT2D eigenvalue weighted by Gasteiger charge is 2.30. The van der Waals surface area contributed by atoms with Gasteiger partial charge in [-0.2, -0.15) is 0 Å². The molecule has 0 saturated heterocycles. The fraction of sp³-hybridized carbons (Fsp3) is 0.500. The van der Waals surface area contributed by atoms with Crippen LogP contribution in [0, 0.1) is 6.92 Å². The first kappa shape index (κ1) is 10.8. The molecule has 3 rings (SSSR count). The molecule has 1 aliphatic rings. The van der Waals surface area contributed by atoms with Crippen molar-refractivity contribution < 1.29 is 0 Å². The lowest BCUT2D eigenvalue weighted by molar-refractivity contribution is 0.428. The summed E-state index contributed by atoms with van der Waals surface area (Å²) in [5, 5.41) is 0. The molecule has 3 N–H and O–H groups in total. The smallest absolute Gasteiger partial charge is 0.109 e. The van der Waals surface area contributed by atoms with E-state index < -0.39 is 0 Å². The number of nitrogens with zero attached hydrogens (tertiary/aromatic N) is 1. The Labute approximate surface area is 101 Å². The van der Waals surface area contributed by atoms with Gasteiger partial charge in [0.15, 0.2) is 0 Å². The largest absolute Gasteiger partial charge is 0.342 e. The average Bonchev–Trinajstić information content (AvgIpc) is 2.84. The van der Waals surface area contributed by atoms with Crippen LogP contribution in [0.15, 0.2) is 18.2 Å². The predicted molar refractivity (Wildman–Crippen MR) is 69.9 cm³/mol. The Hall–Kier alpha value is -1.35. The van der Waals surface area contributed by atoms with Crippen molar-refractivity contribution in [3.63, 3.8) is 0 Å². The summed E-state index contributed by atoms with van der Waals surface area (Å²) in [6.07, 6.45) is 5.65. The van der Waals surface area contributed by atoms with Gasteiger partial charge in [-0.3, -0.25) is 0 Å². The zero-order valence-electron chi connectivity index (χ0n) is 10.3. The van der Waals surface area contributed by atoms with Crippen LogP contribution in [0.3, 0.4) is 0 Å². The van der Waals surface area contributed by atoms with E-state index in [1.54, 1.807) is 0 Å². The highest BCUT2D eigenvalue weighted by molar-refractivity contribution is 5.75. The first-order valence-electron chi connectivity index (χ1n) is 6.39. The molecular formula is C14H19N3. The number of nitrogens with one attached hydrogen (secondary N) is 1. The van der Waals surface area contributed by atoms with Crippen LogP contribution in [0.25, 0.3) is 11.0 Å². The van der Waals surface area contributed by atoms with Crippen molar-refractivity contribution in [3.8, 4) is 0 Å². The normalized spacial score (nSPS) is 18.9. The molecule has 0 bridgehead atoms. The number of aromatic amines is 1. The quantitative estimate of drug-likeness (QED) is 0.831. The van der Waals surface area contributed by atoms with Crippen molar-refractivity contribution in [2.24, 2.45) is 5.73 Å². The van der Waals surface area contributed by atoms with E-state index in [0.717, 1.165) is 36.1 Å². The number of nitrogens with two attached hydrogens (primary N) is 1. The van der Waals surface area contributed by atoms with Gasteiger partial charge in [0.05, 0.1) is 11.0 Å². The van der Waals surface area contributed by atoms with Crippen molar-refractivity contribution in [1.82, 2.24) is 9.97 Å². The molecule has 3 heteroatoms. The molecule has 0 atom stereocenters. The topological polar surface area (TPSA) is 54.7 Å². The van der Waals surface area contributed by atoms with Crippen molar-refractivity contribution >= 4 is 11.0 Å². The van der Waals surface area contributed by atoms with Crippen LogP contribution < -0.4 is 5.73 Å². The van der Waals surface area contributed by atoms with E-state index in [9.17, 15) is 0 Å². The molecule has 0 radical (unpaired) electrons. The van der Waals surface area contributed by atoms with Gasteiger partial charge >= 0.3 is 0 Å². The van der Waals surface area contributed by atoms with Crippen molar-refractivity contribution in [3.05, 3.63) is 29.6 Å². The minimum atomic E-state index is -0.0249. The second-order valence-electron chi connectivity index (χ2n) is 5.45. The van der Waals surface area contributed by atoms with Crippen molar-refractivity contribution in [1.29, 1.82) is 0 Å². The number of aromatic nitrogens is 2. The van der Waals surface area contributed by atoms with Crippen LogP contribution in [0.5, 0.6) is 0 Å². The Balaban J connectivity index is 1.90. The molecule has 0 unspecified atom stereocenters. The molecule has 2 aromatic rings. The Kier molecular flexibility index (Phi) is 2.44. The second kappa shape index (κ2) is 3.84. The van der Waals surface area contributed by atoms with Crippen LogP contribution >= 0.6 is 0 Å². The molecular weight excluding hydrogens is 210 g/mol. The summed E-state index contributed by atoms with van der Waals surface area (Å²) in [6, 6.07) is 6.31. The van der Waals surface area contributed by atoms with E-state index in [4.69, 9.17) is 5.73 Å². The van der Waals surface area contributed by atoms with Gasteiger partial charge < -0.3 is 10.7 Å². The Bertz CT molecular complexity index is 535. The van der Waals surface area contributed by atoms with Crippen LogP contribution in [0.4, 0.5) is 0 Å². The van der Waals surface area contributed by atoms with Crippen LogP contribution in [-0.2, 0) is 6.42 Å². The maximum Gasteiger partial charge on any atom is 0.109 e. The van der Waals surface area contributed by atoms with Gasteiger partial charge in [-0.15, -0.1) is 0 Å². The summed E-state index contributed by atoms with van der Waals surface area (Å²) in [7, 11) is 0. The average molecular weight is 229 g/mol. The van der Waals surface area contributed by atoms with Crippen molar-refractivity contribution in [2.45, 2.75) is 44.6 Å². The van der Waals surface area contributed by atoms with Gasteiger partial charge in [-0.1, -0.05) is 18.9 Å². The molecule has 1 aliphatic carbocycles. The van der Waals surface area contributed by atoms with Gasteiger partial charge in [0.2, 0.25) is 0 Å². The first-order valence-corrected chi connectivity index (χ1v) is 6.39. The lowest BCUT2D eigenvalue weighted by Gasteiger charge is -2.21. The Morgan fingerprint density at radius 2 is 2.12 bits per heavy atom. The predicted octanol–water partition coefficient (Wildman–Crippen LogP) is 2.69. The van der Waals surface area contributed by atoms with Crippen LogP contribution in [0.2, 0.25) is 0 Å². The molecule has 1 aromatic heterocycles. The molecule has 1 saturated carbocycles. The molecule has 1 heterocycles. The van der Waals surface area contributed by atoms with Crippen LogP contribution in [0.1, 0.15) is 37.1 Å². The molecule has 3 nitrogen and oxygen atoms in total. The summed E-state index contributed by atoms with van der Waals surface area (Å²) in [5.74, 6) is 1.04. The van der Waals surface area contributed by atoms with E-state index in [0.29, 0.717) is 0 Å². The van der Waals surface area contributed by atoms with E-state index in [-0.39, 0.29) is 5.54 Å². The number of hydrogen-bond donors (Lipinski definition) is 2. The third kappa shape index (κ3) is 2.07. The third-order valence-corrected chi connectivity index (χ3v) is 3.81. The van der Waals surface area contributed by atoms with Gasteiger partial charge in [0, 0.05) is 12.0 Å². The highest BCUT2D eigenvalue weighted by Crippen LogP contribution is 2.30. The number of H-pyrrole nitrogens is 1. The monoisotopic (exact) mass is 229 g/mol. The van der Waals surface area contributed by atoms with E-state index >= 15 is 0 Å². The maximum atomic E-state index is 6.38. The standard InChI is InChI=1S/C14H19N3/c1-10-4-5-11-12(8-10)17-13(16-11)9-14(15)6-2-3-7-14/h4-5,8H,2-3,6-7,9,15H2,1H3,(H,16,17).